The zero-order chi connectivity index (χ0) is 14.7. The van der Waals surface area contributed by atoms with Crippen LogP contribution in [-0.2, 0) is 0 Å². The van der Waals surface area contributed by atoms with Gasteiger partial charge in [-0.05, 0) is 51.4 Å². The van der Waals surface area contributed by atoms with Gasteiger partial charge in [0.2, 0.25) is 0 Å². The van der Waals surface area contributed by atoms with Gasteiger partial charge in [-0.3, -0.25) is 0 Å². The van der Waals surface area contributed by atoms with E-state index in [-0.39, 0.29) is 0 Å². The van der Waals surface area contributed by atoms with Gasteiger partial charge in [-0.15, -0.1) is 0 Å². The van der Waals surface area contributed by atoms with Gasteiger partial charge in [-0.2, -0.15) is 0 Å². The van der Waals surface area contributed by atoms with Crippen molar-refractivity contribution >= 4 is 0 Å². The zero-order valence-corrected chi connectivity index (χ0v) is 14.1. The predicted molar refractivity (Wildman–Crippen MR) is 87.9 cm³/mol. The van der Waals surface area contributed by atoms with Gasteiger partial charge in [0.05, 0.1) is 25.7 Å². The SMILES string of the molecule is CCCC[N+](CCCC)(CCCCO)C1CCCCC1. The van der Waals surface area contributed by atoms with Crippen molar-refractivity contribution in [2.24, 2.45) is 0 Å². The first-order valence-electron chi connectivity index (χ1n) is 9.25. The molecule has 0 aromatic rings. The van der Waals surface area contributed by atoms with Gasteiger partial charge in [0.1, 0.15) is 0 Å². The third-order valence-electron chi connectivity index (χ3n) is 5.27. The molecule has 0 unspecified atom stereocenters. The Hall–Kier alpha value is -0.0800. The quantitative estimate of drug-likeness (QED) is 0.437. The average molecular weight is 285 g/mol. The van der Waals surface area contributed by atoms with Crippen molar-refractivity contribution in [3.63, 3.8) is 0 Å². The molecule has 1 fully saturated rings. The van der Waals surface area contributed by atoms with Crippen LogP contribution in [0.15, 0.2) is 0 Å². The Labute approximate surface area is 127 Å². The number of aliphatic hydroxyl groups excluding tert-OH is 1. The summed E-state index contributed by atoms with van der Waals surface area (Å²) in [4.78, 5) is 0. The van der Waals surface area contributed by atoms with E-state index in [0.29, 0.717) is 6.61 Å². The third-order valence-corrected chi connectivity index (χ3v) is 5.27. The molecule has 20 heavy (non-hydrogen) atoms. The number of hydrogen-bond donors (Lipinski definition) is 1. The Kier molecular flexibility index (Phi) is 9.54. The summed E-state index contributed by atoms with van der Waals surface area (Å²) in [6.45, 7) is 9.09. The van der Waals surface area contributed by atoms with Crippen molar-refractivity contribution in [1.29, 1.82) is 0 Å². The first-order valence-corrected chi connectivity index (χ1v) is 9.25. The standard InChI is InChI=1S/C18H38NO/c1-3-5-14-19(15-6-4-2,16-10-11-17-20)18-12-8-7-9-13-18/h18,20H,3-17H2,1-2H3/q+1. The van der Waals surface area contributed by atoms with Crippen molar-refractivity contribution in [1.82, 2.24) is 0 Å². The van der Waals surface area contributed by atoms with Crippen LogP contribution < -0.4 is 0 Å². The molecule has 120 valence electrons. The van der Waals surface area contributed by atoms with Crippen LogP contribution in [0.3, 0.4) is 0 Å². The number of aliphatic hydroxyl groups is 1. The van der Waals surface area contributed by atoms with Crippen LogP contribution in [0.1, 0.15) is 84.5 Å². The van der Waals surface area contributed by atoms with Gasteiger partial charge in [-0.1, -0.05) is 33.1 Å². The van der Waals surface area contributed by atoms with Gasteiger partial charge in [0.15, 0.2) is 0 Å². The molecule has 2 heteroatoms. The van der Waals surface area contributed by atoms with Crippen molar-refractivity contribution in [2.75, 3.05) is 26.2 Å². The molecule has 1 aliphatic carbocycles. The summed E-state index contributed by atoms with van der Waals surface area (Å²) in [6, 6.07) is 0.917. The van der Waals surface area contributed by atoms with E-state index < -0.39 is 0 Å². The summed E-state index contributed by atoms with van der Waals surface area (Å²) in [5.41, 5.74) is 0. The van der Waals surface area contributed by atoms with Crippen molar-refractivity contribution in [3.8, 4) is 0 Å². The van der Waals surface area contributed by atoms with E-state index in [0.717, 1.165) is 12.5 Å². The Morgan fingerprint density at radius 2 is 1.35 bits per heavy atom. The number of nitrogens with zero attached hydrogens (tertiary/aromatic N) is 1. The number of unbranched alkanes of at least 4 members (excludes halogenated alkanes) is 3. The van der Waals surface area contributed by atoms with Crippen molar-refractivity contribution in [2.45, 2.75) is 90.5 Å². The number of quaternary nitrogens is 1. The highest BCUT2D eigenvalue weighted by Crippen LogP contribution is 2.30. The molecule has 0 heterocycles. The Bertz CT molecular complexity index is 215. The molecule has 0 aromatic carbocycles. The van der Waals surface area contributed by atoms with Crippen molar-refractivity contribution < 1.29 is 9.59 Å². The molecule has 0 radical (unpaired) electrons. The smallest absolute Gasteiger partial charge is 0.0890 e. The lowest BCUT2D eigenvalue weighted by Gasteiger charge is -2.47. The molecule has 0 bridgehead atoms. The molecule has 1 N–H and O–H groups in total. The largest absolute Gasteiger partial charge is 0.396 e. The topological polar surface area (TPSA) is 20.2 Å². The van der Waals surface area contributed by atoms with Crippen LogP contribution in [0.2, 0.25) is 0 Å². The Morgan fingerprint density at radius 1 is 0.800 bits per heavy atom. The van der Waals surface area contributed by atoms with Crippen LogP contribution in [0, 0.1) is 0 Å². The summed E-state index contributed by atoms with van der Waals surface area (Å²) in [7, 11) is 0. The molecule has 1 aliphatic rings. The fraction of sp³-hybridized carbons (Fsp3) is 1.00. The summed E-state index contributed by atoms with van der Waals surface area (Å²) < 4.78 is 1.38. The molecular formula is C18H38NO+. The second kappa shape index (κ2) is 10.6. The lowest BCUT2D eigenvalue weighted by atomic mass is 9.91. The number of rotatable bonds is 11. The van der Waals surface area contributed by atoms with Gasteiger partial charge >= 0.3 is 0 Å². The maximum absolute atomic E-state index is 9.12. The van der Waals surface area contributed by atoms with Gasteiger partial charge in [-0.25, -0.2) is 0 Å². The molecule has 0 spiro atoms. The summed E-state index contributed by atoms with van der Waals surface area (Å²) in [5.74, 6) is 0. The van der Waals surface area contributed by atoms with Crippen molar-refractivity contribution in [3.05, 3.63) is 0 Å². The Morgan fingerprint density at radius 3 is 1.85 bits per heavy atom. The molecule has 0 amide bonds. The molecule has 2 nitrogen and oxygen atoms in total. The first-order chi connectivity index (χ1) is 9.79. The van der Waals surface area contributed by atoms with Crippen LogP contribution >= 0.6 is 0 Å². The molecule has 1 saturated carbocycles. The van der Waals surface area contributed by atoms with Crippen LogP contribution in [0.4, 0.5) is 0 Å². The second-order valence-electron chi connectivity index (χ2n) is 6.82. The molecule has 0 saturated heterocycles. The van der Waals surface area contributed by atoms with E-state index in [1.165, 1.54) is 88.3 Å². The summed E-state index contributed by atoms with van der Waals surface area (Å²) >= 11 is 0. The fourth-order valence-electron chi connectivity index (χ4n) is 4.00. The van der Waals surface area contributed by atoms with Crippen LogP contribution in [-0.4, -0.2) is 41.9 Å². The molecule has 1 rings (SSSR count). The maximum atomic E-state index is 9.12. The minimum absolute atomic E-state index is 0.367. The maximum Gasteiger partial charge on any atom is 0.0890 e. The molecular weight excluding hydrogens is 246 g/mol. The highest BCUT2D eigenvalue weighted by atomic mass is 16.2. The van der Waals surface area contributed by atoms with E-state index in [1.54, 1.807) is 0 Å². The summed E-state index contributed by atoms with van der Waals surface area (Å²) in [5, 5.41) is 9.12. The molecule has 0 aromatic heterocycles. The van der Waals surface area contributed by atoms with Gasteiger partial charge < -0.3 is 9.59 Å². The molecule has 0 aliphatic heterocycles. The highest BCUT2D eigenvalue weighted by Gasteiger charge is 2.36. The van der Waals surface area contributed by atoms with E-state index in [1.807, 2.05) is 0 Å². The van der Waals surface area contributed by atoms with Crippen LogP contribution in [0.25, 0.3) is 0 Å². The third kappa shape index (κ3) is 5.73. The Balaban J connectivity index is 2.71. The van der Waals surface area contributed by atoms with E-state index in [4.69, 9.17) is 5.11 Å². The van der Waals surface area contributed by atoms with E-state index >= 15 is 0 Å². The average Bonchev–Trinajstić information content (AvgIpc) is 2.51. The zero-order valence-electron chi connectivity index (χ0n) is 14.1. The van der Waals surface area contributed by atoms with Crippen LogP contribution in [0.5, 0.6) is 0 Å². The van der Waals surface area contributed by atoms with E-state index in [2.05, 4.69) is 13.8 Å². The fourth-order valence-corrected chi connectivity index (χ4v) is 4.00. The first kappa shape index (κ1) is 18.0. The minimum Gasteiger partial charge on any atom is -0.396 e. The van der Waals surface area contributed by atoms with E-state index in [9.17, 15) is 0 Å². The lowest BCUT2D eigenvalue weighted by molar-refractivity contribution is -0.953. The monoisotopic (exact) mass is 284 g/mol. The number of hydrogen-bond acceptors (Lipinski definition) is 1. The predicted octanol–water partition coefficient (Wildman–Crippen LogP) is 4.51. The normalized spacial score (nSPS) is 17.6. The van der Waals surface area contributed by atoms with Gasteiger partial charge in [0.25, 0.3) is 0 Å². The lowest BCUT2D eigenvalue weighted by Crippen LogP contribution is -2.57. The molecule has 0 atom stereocenters. The second-order valence-corrected chi connectivity index (χ2v) is 6.82. The minimum atomic E-state index is 0.367. The van der Waals surface area contributed by atoms with Gasteiger partial charge in [0, 0.05) is 6.61 Å². The highest BCUT2D eigenvalue weighted by molar-refractivity contribution is 4.68. The summed E-state index contributed by atoms with van der Waals surface area (Å²) in [6.07, 6.45) is 14.8.